The number of hydrogen-bond donors (Lipinski definition) is 2. The molecule has 0 aromatic rings. The molecule has 4 aliphatic carbocycles. The van der Waals surface area contributed by atoms with Gasteiger partial charge in [-0.3, -0.25) is 0 Å². The second-order valence-electron chi connectivity index (χ2n) is 11.0. The molecule has 29 heavy (non-hydrogen) atoms. The quantitative estimate of drug-likeness (QED) is 0.571. The summed E-state index contributed by atoms with van der Waals surface area (Å²) < 4.78 is 14.1. The van der Waals surface area contributed by atoms with E-state index in [1.54, 1.807) is 5.57 Å². The first-order chi connectivity index (χ1) is 13.5. The van der Waals surface area contributed by atoms with Crippen LogP contribution in [0.1, 0.15) is 78.6 Å². The van der Waals surface area contributed by atoms with Crippen LogP contribution in [0.2, 0.25) is 0 Å². The van der Waals surface area contributed by atoms with E-state index >= 15 is 0 Å². The summed E-state index contributed by atoms with van der Waals surface area (Å²) in [6, 6.07) is 0. The van der Waals surface area contributed by atoms with Crippen LogP contribution >= 0.6 is 0 Å². The van der Waals surface area contributed by atoms with Crippen molar-refractivity contribution in [1.29, 1.82) is 0 Å². The Bertz CT molecular complexity index is 777. The standard InChI is InChI=1S/C26H37FO2/c1-17-19(14-20(28)15-22(17)27)8-7-18-6-5-11-25(4)21(18)9-10-23(25)26(12-13-26)16-24(2,3)29/h7-8,10,20-22,28-29H,1,5-6,9,11-16H2,2-4H3/b18-7+,19-8-/t20?,21?,22-,25-/m0/s1. The van der Waals surface area contributed by atoms with Crippen molar-refractivity contribution in [3.05, 3.63) is 47.1 Å². The Balaban J connectivity index is 1.57. The molecule has 3 heteroatoms. The van der Waals surface area contributed by atoms with E-state index in [-0.39, 0.29) is 17.3 Å². The Morgan fingerprint density at radius 3 is 2.66 bits per heavy atom. The van der Waals surface area contributed by atoms with Crippen LogP contribution in [-0.2, 0) is 0 Å². The lowest BCUT2D eigenvalue weighted by atomic mass is 9.60. The molecule has 2 N–H and O–H groups in total. The molecule has 4 rings (SSSR count). The molecule has 3 fully saturated rings. The van der Waals surface area contributed by atoms with Gasteiger partial charge in [0.1, 0.15) is 6.17 Å². The number of aliphatic hydroxyl groups is 2. The zero-order chi connectivity index (χ0) is 21.0. The van der Waals surface area contributed by atoms with Crippen LogP contribution < -0.4 is 0 Å². The summed E-state index contributed by atoms with van der Waals surface area (Å²) in [6.07, 6.45) is 13.5. The van der Waals surface area contributed by atoms with Crippen LogP contribution in [0, 0.1) is 16.7 Å². The van der Waals surface area contributed by atoms with Crippen molar-refractivity contribution < 1.29 is 14.6 Å². The molecule has 0 aromatic carbocycles. The number of hydrogen-bond acceptors (Lipinski definition) is 2. The fourth-order valence-corrected chi connectivity index (χ4v) is 6.60. The predicted molar refractivity (Wildman–Crippen MR) is 116 cm³/mol. The molecular formula is C26H37FO2. The lowest BCUT2D eigenvalue weighted by Gasteiger charge is -2.44. The summed E-state index contributed by atoms with van der Waals surface area (Å²) in [5.41, 5.74) is 4.20. The van der Waals surface area contributed by atoms with Gasteiger partial charge < -0.3 is 10.2 Å². The molecule has 0 saturated heterocycles. The van der Waals surface area contributed by atoms with Gasteiger partial charge in [0, 0.05) is 6.42 Å². The SMILES string of the molecule is C=C1/C(=C\C=C2/CCC[C@]3(C)C(C4(CC(C)(C)O)CC4)=CCC23)CC(O)C[C@@H]1F. The smallest absolute Gasteiger partial charge is 0.127 e. The minimum absolute atomic E-state index is 0.171. The highest BCUT2D eigenvalue weighted by molar-refractivity contribution is 5.42. The first kappa shape index (κ1) is 21.1. The van der Waals surface area contributed by atoms with Gasteiger partial charge in [0.2, 0.25) is 0 Å². The van der Waals surface area contributed by atoms with Crippen LogP contribution in [-0.4, -0.2) is 28.1 Å². The molecule has 0 radical (unpaired) electrons. The van der Waals surface area contributed by atoms with Crippen LogP contribution in [0.25, 0.3) is 0 Å². The average Bonchev–Trinajstić information content (AvgIpc) is 3.26. The Hall–Kier alpha value is -1.19. The lowest BCUT2D eigenvalue weighted by molar-refractivity contribution is 0.0482. The van der Waals surface area contributed by atoms with Crippen molar-refractivity contribution in [1.82, 2.24) is 0 Å². The minimum atomic E-state index is -1.13. The third-order valence-corrected chi connectivity index (χ3v) is 7.97. The first-order valence-electron chi connectivity index (χ1n) is 11.4. The molecule has 0 bridgehead atoms. The topological polar surface area (TPSA) is 40.5 Å². The van der Waals surface area contributed by atoms with Gasteiger partial charge >= 0.3 is 0 Å². The van der Waals surface area contributed by atoms with Gasteiger partial charge in [0.05, 0.1) is 11.7 Å². The molecule has 4 atom stereocenters. The normalized spacial score (nSPS) is 39.6. The zero-order valence-corrected chi connectivity index (χ0v) is 18.3. The van der Waals surface area contributed by atoms with Crippen molar-refractivity contribution in [2.24, 2.45) is 16.7 Å². The van der Waals surface area contributed by atoms with Gasteiger partial charge in [0.15, 0.2) is 0 Å². The number of aliphatic hydroxyl groups excluding tert-OH is 1. The molecule has 0 amide bonds. The minimum Gasteiger partial charge on any atom is -0.393 e. The van der Waals surface area contributed by atoms with E-state index in [4.69, 9.17) is 0 Å². The van der Waals surface area contributed by atoms with Crippen molar-refractivity contribution in [2.45, 2.75) is 96.4 Å². The molecule has 160 valence electrons. The summed E-state index contributed by atoms with van der Waals surface area (Å²) in [5.74, 6) is 0.505. The predicted octanol–water partition coefficient (Wildman–Crippen LogP) is 5.97. The Morgan fingerprint density at radius 1 is 1.28 bits per heavy atom. The maximum Gasteiger partial charge on any atom is 0.127 e. The third-order valence-electron chi connectivity index (χ3n) is 7.97. The summed E-state index contributed by atoms with van der Waals surface area (Å²) in [6.45, 7) is 10.2. The van der Waals surface area contributed by atoms with Crippen molar-refractivity contribution in [2.75, 3.05) is 0 Å². The van der Waals surface area contributed by atoms with Crippen LogP contribution in [0.3, 0.4) is 0 Å². The largest absolute Gasteiger partial charge is 0.393 e. The molecule has 0 spiro atoms. The monoisotopic (exact) mass is 400 g/mol. The highest BCUT2D eigenvalue weighted by Gasteiger charge is 2.57. The number of alkyl halides is 1. The van der Waals surface area contributed by atoms with Crippen molar-refractivity contribution in [3.63, 3.8) is 0 Å². The Kier molecular flexibility index (Phi) is 5.23. The van der Waals surface area contributed by atoms with E-state index in [0.717, 1.165) is 24.8 Å². The molecule has 0 aromatic heterocycles. The van der Waals surface area contributed by atoms with E-state index in [9.17, 15) is 14.6 Å². The van der Waals surface area contributed by atoms with Gasteiger partial charge in [-0.2, -0.15) is 0 Å². The van der Waals surface area contributed by atoms with E-state index in [1.807, 2.05) is 19.9 Å². The summed E-state index contributed by atoms with van der Waals surface area (Å²) in [4.78, 5) is 0. The van der Waals surface area contributed by atoms with Gasteiger partial charge in [0.25, 0.3) is 0 Å². The summed E-state index contributed by atoms with van der Waals surface area (Å²) >= 11 is 0. The lowest BCUT2D eigenvalue weighted by Crippen LogP contribution is -2.35. The van der Waals surface area contributed by atoms with Crippen molar-refractivity contribution in [3.8, 4) is 0 Å². The Morgan fingerprint density at radius 2 is 2.00 bits per heavy atom. The van der Waals surface area contributed by atoms with Crippen LogP contribution in [0.15, 0.2) is 47.1 Å². The van der Waals surface area contributed by atoms with E-state index in [1.165, 1.54) is 31.3 Å². The summed E-state index contributed by atoms with van der Waals surface area (Å²) in [7, 11) is 0. The van der Waals surface area contributed by atoms with Crippen LogP contribution in [0.5, 0.6) is 0 Å². The van der Waals surface area contributed by atoms with E-state index in [2.05, 4.69) is 25.7 Å². The van der Waals surface area contributed by atoms with Gasteiger partial charge in [-0.25, -0.2) is 4.39 Å². The second kappa shape index (κ2) is 7.20. The van der Waals surface area contributed by atoms with Gasteiger partial charge in [-0.05, 0) is 93.1 Å². The highest BCUT2D eigenvalue weighted by Crippen LogP contribution is 2.68. The molecule has 4 aliphatic rings. The number of halogens is 1. The average molecular weight is 401 g/mol. The molecule has 0 heterocycles. The fourth-order valence-electron chi connectivity index (χ4n) is 6.60. The summed E-state index contributed by atoms with van der Waals surface area (Å²) in [5, 5.41) is 20.4. The third kappa shape index (κ3) is 3.93. The number of rotatable bonds is 4. The fraction of sp³-hybridized carbons (Fsp3) is 0.692. The van der Waals surface area contributed by atoms with Crippen LogP contribution in [0.4, 0.5) is 4.39 Å². The van der Waals surface area contributed by atoms with Crippen molar-refractivity contribution >= 4 is 0 Å². The maximum atomic E-state index is 14.1. The van der Waals surface area contributed by atoms with E-state index < -0.39 is 17.9 Å². The highest BCUT2D eigenvalue weighted by atomic mass is 19.1. The molecule has 0 aliphatic heterocycles. The van der Waals surface area contributed by atoms with Gasteiger partial charge in [-0.1, -0.05) is 42.9 Å². The Labute approximate surface area is 175 Å². The molecule has 2 unspecified atom stereocenters. The molecular weight excluding hydrogens is 363 g/mol. The second-order valence-corrected chi connectivity index (χ2v) is 11.0. The first-order valence-corrected chi connectivity index (χ1v) is 11.4. The maximum absolute atomic E-state index is 14.1. The van der Waals surface area contributed by atoms with E-state index in [0.29, 0.717) is 17.9 Å². The number of allylic oxidation sites excluding steroid dienone is 6. The van der Waals surface area contributed by atoms with Gasteiger partial charge in [-0.15, -0.1) is 0 Å². The molecule has 2 nitrogen and oxygen atoms in total. The molecule has 3 saturated carbocycles. The zero-order valence-electron chi connectivity index (χ0n) is 18.3. The number of fused-ring (bicyclic) bond motifs is 1.